The first-order chi connectivity index (χ1) is 10.9. The van der Waals surface area contributed by atoms with Gasteiger partial charge in [0.15, 0.2) is 0 Å². The van der Waals surface area contributed by atoms with Gasteiger partial charge in [-0.2, -0.15) is 6.08 Å². The summed E-state index contributed by atoms with van der Waals surface area (Å²) in [6.45, 7) is 17.2. The number of halogens is 3. The molecular weight excluding hydrogens is 451 g/mol. The van der Waals surface area contributed by atoms with E-state index in [1.807, 2.05) is 6.07 Å². The minimum atomic E-state index is 0. The first kappa shape index (κ1) is 34.8. The Hall–Kier alpha value is 0.301. The van der Waals surface area contributed by atoms with E-state index in [2.05, 4.69) is 72.9 Å². The van der Waals surface area contributed by atoms with Crippen LogP contribution in [-0.4, -0.2) is 14.6 Å². The molecule has 0 fully saturated rings. The van der Waals surface area contributed by atoms with Crippen LogP contribution in [0.3, 0.4) is 0 Å². The fourth-order valence-electron chi connectivity index (χ4n) is 1.93. The summed E-state index contributed by atoms with van der Waals surface area (Å²) in [6.07, 6.45) is 8.63. The van der Waals surface area contributed by atoms with Crippen LogP contribution in [0.15, 0.2) is 35.9 Å². The van der Waals surface area contributed by atoms with Gasteiger partial charge < -0.3 is 5.11 Å². The van der Waals surface area contributed by atoms with Crippen molar-refractivity contribution in [3.05, 3.63) is 52.6 Å². The van der Waals surface area contributed by atoms with E-state index >= 15 is 0 Å². The minimum Gasteiger partial charge on any atom is -0.508 e. The van der Waals surface area contributed by atoms with Crippen molar-refractivity contribution in [2.24, 2.45) is 5.41 Å². The molecule has 1 N–H and O–H groups in total. The van der Waals surface area contributed by atoms with E-state index in [0.29, 0.717) is 10.4 Å². The Morgan fingerprint density at radius 1 is 0.963 bits per heavy atom. The number of rotatable bonds is 0. The summed E-state index contributed by atoms with van der Waals surface area (Å²) in [5, 5.41) is 9.86. The molecule has 27 heavy (non-hydrogen) atoms. The number of phenols is 1. The van der Waals surface area contributed by atoms with Crippen LogP contribution in [0.25, 0.3) is 0 Å². The third kappa shape index (κ3) is 15.9. The van der Waals surface area contributed by atoms with Crippen LogP contribution >= 0.6 is 36.4 Å². The van der Waals surface area contributed by atoms with Crippen molar-refractivity contribution >= 4 is 45.9 Å². The largest absolute Gasteiger partial charge is 0.508 e. The maximum Gasteiger partial charge on any atom is 0.117 e. The van der Waals surface area contributed by atoms with Gasteiger partial charge in [0.05, 0.1) is 0 Å². The van der Waals surface area contributed by atoms with Crippen molar-refractivity contribution in [1.29, 1.82) is 0 Å². The predicted molar refractivity (Wildman–Crippen MR) is 124 cm³/mol. The van der Waals surface area contributed by atoms with Crippen molar-refractivity contribution < 1.29 is 26.8 Å². The third-order valence-electron chi connectivity index (χ3n) is 3.25. The van der Waals surface area contributed by atoms with E-state index in [-0.39, 0.29) is 57.7 Å². The molecule has 1 aromatic carbocycles. The first-order valence-corrected chi connectivity index (χ1v) is 10.7. The zero-order valence-corrected chi connectivity index (χ0v) is 22.7. The van der Waals surface area contributed by atoms with Crippen LogP contribution in [0.5, 0.6) is 5.75 Å². The van der Waals surface area contributed by atoms with E-state index < -0.39 is 0 Å². The number of phenolic OH excluding ortho intramolecular Hbond substituents is 1. The van der Waals surface area contributed by atoms with Gasteiger partial charge in [-0.25, -0.2) is 11.6 Å². The Balaban J connectivity index is -0.000000159. The van der Waals surface area contributed by atoms with Crippen molar-refractivity contribution in [2.45, 2.75) is 66.5 Å². The zero-order valence-electron chi connectivity index (χ0n) is 17.7. The average molecular weight is 485 g/mol. The Bertz CT molecular complexity index is 554. The van der Waals surface area contributed by atoms with Gasteiger partial charge in [-0.3, -0.25) is 6.08 Å². The topological polar surface area (TPSA) is 20.2 Å². The summed E-state index contributed by atoms with van der Waals surface area (Å²) in [4.78, 5) is 0. The maximum atomic E-state index is 9.27. The van der Waals surface area contributed by atoms with Gasteiger partial charge >= 0.3 is 0 Å². The van der Waals surface area contributed by atoms with Crippen LogP contribution in [-0.2, 0) is 27.1 Å². The van der Waals surface area contributed by atoms with Gasteiger partial charge in [-0.05, 0) is 34.6 Å². The normalized spacial score (nSPS) is 12.0. The summed E-state index contributed by atoms with van der Waals surface area (Å²) in [5.41, 5.74) is 2.73. The molecule has 0 bridgehead atoms. The van der Waals surface area contributed by atoms with E-state index in [9.17, 15) is 5.11 Å². The molecule has 0 heterocycles. The van der Waals surface area contributed by atoms with Gasteiger partial charge in [-0.15, -0.1) is 31.2 Å². The molecule has 0 aromatic heterocycles. The van der Waals surface area contributed by atoms with Crippen molar-refractivity contribution in [2.75, 3.05) is 0 Å². The Morgan fingerprint density at radius 3 is 1.70 bits per heavy atom. The predicted octanol–water partition coefficient (Wildman–Crippen LogP) is 7.69. The molecule has 0 atom stereocenters. The molecule has 0 saturated heterocycles. The van der Waals surface area contributed by atoms with Gasteiger partial charge in [0.2, 0.25) is 0 Å². The second-order valence-electron chi connectivity index (χ2n) is 7.90. The van der Waals surface area contributed by atoms with E-state index in [4.69, 9.17) is 11.6 Å². The van der Waals surface area contributed by atoms with Crippen LogP contribution in [0.1, 0.15) is 53.5 Å². The number of benzene rings is 1. The van der Waals surface area contributed by atoms with Crippen LogP contribution < -0.4 is 0 Å². The van der Waals surface area contributed by atoms with Gasteiger partial charge in [0.1, 0.15) is 5.75 Å². The number of aromatic hydroxyl groups is 1. The summed E-state index contributed by atoms with van der Waals surface area (Å²) in [7, 11) is 1.08. The SMILES string of the molecule is CC(C)(C)C1=[C-]CC=C1.CC(C)(C)c1cc(O)cc(Cl)c1.C[Si]C.Cl.Cl.[Ti]. The summed E-state index contributed by atoms with van der Waals surface area (Å²) in [6, 6.07) is 5.16. The fourth-order valence-corrected chi connectivity index (χ4v) is 2.16. The Kier molecular flexibility index (Phi) is 20.8. The molecule has 2 rings (SSSR count). The van der Waals surface area contributed by atoms with E-state index in [1.165, 1.54) is 11.6 Å². The molecule has 6 heteroatoms. The molecule has 2 radical (unpaired) electrons. The molecule has 1 nitrogen and oxygen atoms in total. The van der Waals surface area contributed by atoms with E-state index in [0.717, 1.165) is 21.5 Å². The Labute approximate surface area is 202 Å². The molecule has 1 aromatic rings. The fraction of sp³-hybridized carbons (Fsp3) is 0.524. The van der Waals surface area contributed by atoms with Crippen LogP contribution in [0.4, 0.5) is 0 Å². The second kappa shape index (κ2) is 16.1. The molecular formula is C21H34Cl3OSiTi-. The number of allylic oxidation sites excluding steroid dienone is 4. The molecule has 0 saturated carbocycles. The molecule has 0 amide bonds. The maximum absolute atomic E-state index is 9.27. The standard InChI is InChI=1S/C10H13ClO.C9H13.C2H6Si.2ClH.Ti/c1-10(2,3)7-4-8(11)6-9(12)5-7;1-9(2,3)8-6-4-5-7-8;1-3-2;;;/h4-6,12H,1-3H3;4,6H,5H2,1-3H3;1-2H3;2*1H;/q;-1;;;;. The number of hydrogen-bond acceptors (Lipinski definition) is 1. The molecule has 1 aliphatic rings. The molecule has 154 valence electrons. The smallest absolute Gasteiger partial charge is 0.117 e. The zero-order chi connectivity index (χ0) is 19.0. The van der Waals surface area contributed by atoms with Gasteiger partial charge in [-0.1, -0.05) is 66.2 Å². The Morgan fingerprint density at radius 2 is 1.44 bits per heavy atom. The third-order valence-corrected chi connectivity index (χ3v) is 3.47. The van der Waals surface area contributed by atoms with Crippen LogP contribution in [0.2, 0.25) is 18.1 Å². The van der Waals surface area contributed by atoms with Crippen LogP contribution in [0, 0.1) is 11.5 Å². The van der Waals surface area contributed by atoms with E-state index in [1.54, 1.807) is 6.07 Å². The minimum absolute atomic E-state index is 0. The molecule has 1 aliphatic carbocycles. The number of hydrogen-bond donors (Lipinski definition) is 1. The van der Waals surface area contributed by atoms with Crippen molar-refractivity contribution in [1.82, 2.24) is 0 Å². The summed E-state index contributed by atoms with van der Waals surface area (Å²) >= 11 is 5.80. The first-order valence-electron chi connectivity index (χ1n) is 8.28. The van der Waals surface area contributed by atoms with Gasteiger partial charge in [0, 0.05) is 36.3 Å². The molecule has 0 spiro atoms. The molecule has 0 unspecified atom stereocenters. The second-order valence-corrected chi connectivity index (χ2v) is 9.33. The van der Waals surface area contributed by atoms with Gasteiger partial charge in [0.25, 0.3) is 0 Å². The monoisotopic (exact) mass is 483 g/mol. The summed E-state index contributed by atoms with van der Waals surface area (Å²) in [5.74, 6) is 0.229. The average Bonchev–Trinajstić information content (AvgIpc) is 2.91. The quantitative estimate of drug-likeness (QED) is 0.295. The molecule has 0 aliphatic heterocycles. The summed E-state index contributed by atoms with van der Waals surface area (Å²) < 4.78 is 0. The van der Waals surface area contributed by atoms with Crippen molar-refractivity contribution in [3.63, 3.8) is 0 Å². The van der Waals surface area contributed by atoms with Crippen molar-refractivity contribution in [3.8, 4) is 5.75 Å².